The molecule has 3 heteroatoms. The molecule has 0 radical (unpaired) electrons. The third kappa shape index (κ3) is 2.71. The lowest BCUT2D eigenvalue weighted by Gasteiger charge is -2.32. The van der Waals surface area contributed by atoms with Crippen LogP contribution >= 0.6 is 0 Å². The van der Waals surface area contributed by atoms with Crippen molar-refractivity contribution >= 4 is 5.91 Å². The summed E-state index contributed by atoms with van der Waals surface area (Å²) in [7, 11) is 0. The Morgan fingerprint density at radius 2 is 1.94 bits per heavy atom. The zero-order chi connectivity index (χ0) is 13.1. The lowest BCUT2D eigenvalue weighted by atomic mass is 9.94. The first-order valence-electron chi connectivity index (χ1n) is 7.71. The Bertz CT molecular complexity index is 286. The molecule has 0 aromatic carbocycles. The molecular formula is C15H28N2O. The molecule has 0 aromatic heterocycles. The van der Waals surface area contributed by atoms with E-state index in [9.17, 15) is 4.79 Å². The molecule has 0 aromatic rings. The Kier molecular flexibility index (Phi) is 4.66. The Morgan fingerprint density at radius 1 is 1.28 bits per heavy atom. The standard InChI is InChI=1S/C15H28N2O/c1-3-11(2)14(16)15(18)17-10-6-9-13(17)12-7-4-5-8-12/h11-14H,3-10,16H2,1-2H3/t11?,13?,14-/m1/s1. The lowest BCUT2D eigenvalue weighted by Crippen LogP contribution is -2.50. The molecule has 2 N–H and O–H groups in total. The van der Waals surface area contributed by atoms with Crippen LogP contribution in [-0.2, 0) is 4.79 Å². The van der Waals surface area contributed by atoms with Crippen LogP contribution in [0.3, 0.4) is 0 Å². The van der Waals surface area contributed by atoms with Gasteiger partial charge in [0.25, 0.3) is 0 Å². The molecule has 18 heavy (non-hydrogen) atoms. The smallest absolute Gasteiger partial charge is 0.240 e. The van der Waals surface area contributed by atoms with Crippen LogP contribution in [0.5, 0.6) is 0 Å². The van der Waals surface area contributed by atoms with Gasteiger partial charge in [-0.15, -0.1) is 0 Å². The van der Waals surface area contributed by atoms with Crippen molar-refractivity contribution in [2.45, 2.75) is 70.9 Å². The molecule has 1 aliphatic heterocycles. The molecule has 2 unspecified atom stereocenters. The Balaban J connectivity index is 1.99. The molecule has 0 spiro atoms. The van der Waals surface area contributed by atoms with Gasteiger partial charge in [0, 0.05) is 12.6 Å². The second-order valence-corrected chi connectivity index (χ2v) is 6.20. The molecule has 3 atom stereocenters. The van der Waals surface area contributed by atoms with E-state index in [1.807, 2.05) is 0 Å². The van der Waals surface area contributed by atoms with Gasteiger partial charge in [0.2, 0.25) is 5.91 Å². The van der Waals surface area contributed by atoms with E-state index in [1.54, 1.807) is 0 Å². The average Bonchev–Trinajstić information content (AvgIpc) is 3.05. The van der Waals surface area contributed by atoms with E-state index in [-0.39, 0.29) is 11.9 Å². The summed E-state index contributed by atoms with van der Waals surface area (Å²) in [6.07, 6.45) is 8.67. The number of carbonyl (C=O) groups is 1. The summed E-state index contributed by atoms with van der Waals surface area (Å²) in [5.74, 6) is 1.25. The zero-order valence-electron chi connectivity index (χ0n) is 11.9. The maximum atomic E-state index is 12.5. The quantitative estimate of drug-likeness (QED) is 0.835. The molecule has 0 bridgehead atoms. The molecule has 3 nitrogen and oxygen atoms in total. The van der Waals surface area contributed by atoms with E-state index >= 15 is 0 Å². The number of likely N-dealkylation sites (tertiary alicyclic amines) is 1. The minimum Gasteiger partial charge on any atom is -0.338 e. The van der Waals surface area contributed by atoms with Gasteiger partial charge in [-0.05, 0) is 37.5 Å². The third-order valence-corrected chi connectivity index (χ3v) is 5.07. The second-order valence-electron chi connectivity index (χ2n) is 6.20. The van der Waals surface area contributed by atoms with Crippen molar-refractivity contribution in [1.82, 2.24) is 4.90 Å². The maximum Gasteiger partial charge on any atom is 0.240 e. The molecule has 2 aliphatic rings. The predicted octanol–water partition coefficient (Wildman–Crippen LogP) is 2.54. The summed E-state index contributed by atoms with van der Waals surface area (Å²) >= 11 is 0. The number of hydrogen-bond donors (Lipinski definition) is 1. The Labute approximate surface area is 111 Å². The molecule has 104 valence electrons. The molecule has 2 rings (SSSR count). The molecule has 1 heterocycles. The van der Waals surface area contributed by atoms with Crippen LogP contribution in [0.1, 0.15) is 58.8 Å². The first-order valence-corrected chi connectivity index (χ1v) is 7.71. The van der Waals surface area contributed by atoms with Crippen LogP contribution in [0.15, 0.2) is 0 Å². The van der Waals surface area contributed by atoms with Crippen LogP contribution in [0.4, 0.5) is 0 Å². The van der Waals surface area contributed by atoms with E-state index in [2.05, 4.69) is 18.7 Å². The van der Waals surface area contributed by atoms with Crippen molar-refractivity contribution in [3.63, 3.8) is 0 Å². The Morgan fingerprint density at radius 3 is 2.56 bits per heavy atom. The van der Waals surface area contributed by atoms with Gasteiger partial charge < -0.3 is 10.6 Å². The normalized spacial score (nSPS) is 28.6. The van der Waals surface area contributed by atoms with E-state index in [1.165, 1.54) is 38.5 Å². The van der Waals surface area contributed by atoms with E-state index in [0.717, 1.165) is 18.9 Å². The summed E-state index contributed by atoms with van der Waals surface area (Å²) < 4.78 is 0. The molecule has 1 aliphatic carbocycles. The molecule has 2 fully saturated rings. The molecule has 1 saturated carbocycles. The molecule has 1 amide bonds. The second kappa shape index (κ2) is 6.05. The minimum atomic E-state index is -0.294. The lowest BCUT2D eigenvalue weighted by molar-refractivity contribution is -0.135. The van der Waals surface area contributed by atoms with E-state index < -0.39 is 0 Å². The first-order chi connectivity index (χ1) is 8.65. The fourth-order valence-electron chi connectivity index (χ4n) is 3.59. The van der Waals surface area contributed by atoms with Gasteiger partial charge in [-0.2, -0.15) is 0 Å². The van der Waals surface area contributed by atoms with Crippen LogP contribution < -0.4 is 5.73 Å². The van der Waals surface area contributed by atoms with Gasteiger partial charge in [-0.1, -0.05) is 33.1 Å². The maximum absolute atomic E-state index is 12.5. The average molecular weight is 252 g/mol. The zero-order valence-corrected chi connectivity index (χ0v) is 11.9. The van der Waals surface area contributed by atoms with Gasteiger partial charge >= 0.3 is 0 Å². The van der Waals surface area contributed by atoms with Crippen molar-refractivity contribution in [2.75, 3.05) is 6.54 Å². The fourth-order valence-corrected chi connectivity index (χ4v) is 3.59. The van der Waals surface area contributed by atoms with Crippen molar-refractivity contribution < 1.29 is 4.79 Å². The van der Waals surface area contributed by atoms with Gasteiger partial charge in [0.15, 0.2) is 0 Å². The number of carbonyl (C=O) groups excluding carboxylic acids is 1. The summed E-state index contributed by atoms with van der Waals surface area (Å²) in [6, 6.07) is 0.201. The summed E-state index contributed by atoms with van der Waals surface area (Å²) in [5, 5.41) is 0. The highest BCUT2D eigenvalue weighted by atomic mass is 16.2. The van der Waals surface area contributed by atoms with E-state index in [0.29, 0.717) is 12.0 Å². The minimum absolute atomic E-state index is 0.207. The first kappa shape index (κ1) is 13.9. The summed E-state index contributed by atoms with van der Waals surface area (Å²) in [6.45, 7) is 5.13. The Hall–Kier alpha value is -0.570. The molecular weight excluding hydrogens is 224 g/mol. The SMILES string of the molecule is CCC(C)[C@@H](N)C(=O)N1CCCC1C1CCCC1. The van der Waals surface area contributed by atoms with Crippen molar-refractivity contribution in [1.29, 1.82) is 0 Å². The van der Waals surface area contributed by atoms with Gasteiger partial charge in [0.1, 0.15) is 0 Å². The van der Waals surface area contributed by atoms with Crippen LogP contribution in [0.25, 0.3) is 0 Å². The number of amides is 1. The monoisotopic (exact) mass is 252 g/mol. The van der Waals surface area contributed by atoms with Crippen LogP contribution in [0, 0.1) is 11.8 Å². The highest BCUT2D eigenvalue weighted by molar-refractivity contribution is 5.82. The molecule has 1 saturated heterocycles. The summed E-state index contributed by atoms with van der Waals surface area (Å²) in [4.78, 5) is 14.6. The van der Waals surface area contributed by atoms with Crippen molar-refractivity contribution in [2.24, 2.45) is 17.6 Å². The number of hydrogen-bond acceptors (Lipinski definition) is 2. The van der Waals surface area contributed by atoms with Crippen LogP contribution in [0.2, 0.25) is 0 Å². The topological polar surface area (TPSA) is 46.3 Å². The predicted molar refractivity (Wildman–Crippen MR) is 74.1 cm³/mol. The number of nitrogens with zero attached hydrogens (tertiary/aromatic N) is 1. The number of rotatable bonds is 4. The van der Waals surface area contributed by atoms with Crippen LogP contribution in [-0.4, -0.2) is 29.4 Å². The van der Waals surface area contributed by atoms with Gasteiger partial charge in [0.05, 0.1) is 6.04 Å². The number of nitrogens with two attached hydrogens (primary N) is 1. The summed E-state index contributed by atoms with van der Waals surface area (Å²) in [5.41, 5.74) is 6.12. The third-order valence-electron chi connectivity index (χ3n) is 5.07. The van der Waals surface area contributed by atoms with E-state index in [4.69, 9.17) is 5.73 Å². The van der Waals surface area contributed by atoms with Crippen molar-refractivity contribution in [3.05, 3.63) is 0 Å². The van der Waals surface area contributed by atoms with Gasteiger partial charge in [-0.3, -0.25) is 4.79 Å². The van der Waals surface area contributed by atoms with Crippen molar-refractivity contribution in [3.8, 4) is 0 Å². The largest absolute Gasteiger partial charge is 0.338 e. The highest BCUT2D eigenvalue weighted by Crippen LogP contribution is 2.35. The fraction of sp³-hybridized carbons (Fsp3) is 0.933. The van der Waals surface area contributed by atoms with Gasteiger partial charge in [-0.25, -0.2) is 0 Å². The highest BCUT2D eigenvalue weighted by Gasteiger charge is 2.38.